The molecule has 0 aliphatic rings. The summed E-state index contributed by atoms with van der Waals surface area (Å²) in [5, 5.41) is 3.94. The molecule has 0 unspecified atom stereocenters. The lowest BCUT2D eigenvalue weighted by Gasteiger charge is -2.32. The number of amides is 2. The molecule has 12 heteroatoms. The van der Waals surface area contributed by atoms with Gasteiger partial charge in [0.1, 0.15) is 12.6 Å². The smallest absolute Gasteiger partial charge is 0.264 e. The van der Waals surface area contributed by atoms with Crippen molar-refractivity contribution >= 4 is 73.9 Å². The number of halogens is 4. The first-order valence-corrected chi connectivity index (χ1v) is 15.8. The van der Waals surface area contributed by atoms with Gasteiger partial charge in [0.25, 0.3) is 10.0 Å². The van der Waals surface area contributed by atoms with E-state index in [2.05, 4.69) is 5.32 Å². The highest BCUT2D eigenvalue weighted by Crippen LogP contribution is 2.31. The van der Waals surface area contributed by atoms with Gasteiger partial charge in [-0.2, -0.15) is 0 Å². The molecule has 3 aromatic carbocycles. The third-order valence-electron chi connectivity index (χ3n) is 6.60. The number of aryl methyl sites for hydroxylation is 1. The summed E-state index contributed by atoms with van der Waals surface area (Å²) in [4.78, 5) is 28.4. The maximum Gasteiger partial charge on any atom is 0.264 e. The minimum absolute atomic E-state index is 0.0168. The van der Waals surface area contributed by atoms with Crippen molar-refractivity contribution in [3.8, 4) is 0 Å². The van der Waals surface area contributed by atoms with Crippen molar-refractivity contribution in [1.82, 2.24) is 10.2 Å². The first-order valence-electron chi connectivity index (χ1n) is 12.8. The van der Waals surface area contributed by atoms with E-state index in [0.29, 0.717) is 22.0 Å². The second-order valence-electron chi connectivity index (χ2n) is 9.67. The zero-order valence-electron chi connectivity index (χ0n) is 23.0. The Kier molecular flexibility index (Phi) is 11.4. The van der Waals surface area contributed by atoms with E-state index in [1.807, 2.05) is 20.8 Å². The number of sulfonamides is 1. The van der Waals surface area contributed by atoms with Crippen molar-refractivity contribution in [2.75, 3.05) is 10.8 Å². The van der Waals surface area contributed by atoms with Gasteiger partial charge in [0.05, 0.1) is 20.6 Å². The van der Waals surface area contributed by atoms with Crippen molar-refractivity contribution < 1.29 is 18.0 Å². The van der Waals surface area contributed by atoms with E-state index in [1.54, 1.807) is 31.2 Å². The van der Waals surface area contributed by atoms with Crippen LogP contribution in [0, 0.1) is 6.92 Å². The van der Waals surface area contributed by atoms with Crippen molar-refractivity contribution in [3.63, 3.8) is 0 Å². The molecule has 2 amide bonds. The highest BCUT2D eigenvalue weighted by atomic mass is 35.5. The zero-order valence-corrected chi connectivity index (χ0v) is 26.8. The number of nitrogens with one attached hydrogen (secondary N) is 1. The van der Waals surface area contributed by atoms with Gasteiger partial charge in [0, 0.05) is 22.6 Å². The number of anilines is 1. The predicted molar refractivity (Wildman–Crippen MR) is 167 cm³/mol. The molecule has 0 aliphatic carbocycles. The summed E-state index contributed by atoms with van der Waals surface area (Å²) in [6.45, 7) is 6.51. The van der Waals surface area contributed by atoms with Gasteiger partial charge >= 0.3 is 0 Å². The van der Waals surface area contributed by atoms with Crippen LogP contribution in [0.3, 0.4) is 0 Å². The summed E-state index contributed by atoms with van der Waals surface area (Å²) in [5.41, 5.74) is 1.54. The van der Waals surface area contributed by atoms with Crippen LogP contribution in [-0.2, 0) is 26.2 Å². The van der Waals surface area contributed by atoms with Crippen LogP contribution in [0.1, 0.15) is 38.3 Å². The summed E-state index contributed by atoms with van der Waals surface area (Å²) in [7, 11) is -4.24. The highest BCUT2D eigenvalue weighted by Gasteiger charge is 2.33. The molecule has 0 bridgehead atoms. The van der Waals surface area contributed by atoms with E-state index in [1.165, 1.54) is 41.3 Å². The van der Waals surface area contributed by atoms with E-state index in [9.17, 15) is 18.0 Å². The summed E-state index contributed by atoms with van der Waals surface area (Å²) >= 11 is 24.8. The highest BCUT2D eigenvalue weighted by molar-refractivity contribution is 7.92. The fourth-order valence-corrected chi connectivity index (χ4v) is 6.05. The number of carbonyl (C=O) groups is 2. The van der Waals surface area contributed by atoms with E-state index in [0.717, 1.165) is 9.87 Å². The lowest BCUT2D eigenvalue weighted by Crippen LogP contribution is -2.52. The molecular formula is C29H31Cl4N3O4S. The number of carbonyl (C=O) groups excluding carboxylic acids is 2. The predicted octanol–water partition coefficient (Wildman–Crippen LogP) is 7.14. The quantitative estimate of drug-likeness (QED) is 0.237. The van der Waals surface area contributed by atoms with Crippen molar-refractivity contribution in [1.29, 1.82) is 0 Å². The largest absolute Gasteiger partial charge is 0.352 e. The maximum absolute atomic E-state index is 14.0. The summed E-state index contributed by atoms with van der Waals surface area (Å²) in [6, 6.07) is 14.3. The molecular weight excluding hydrogens is 628 g/mol. The second-order valence-corrected chi connectivity index (χ2v) is 13.2. The summed E-state index contributed by atoms with van der Waals surface area (Å²) in [5.74, 6) is -1.02. The lowest BCUT2D eigenvalue weighted by molar-refractivity contribution is -0.139. The Morgan fingerprint density at radius 3 is 2.12 bits per heavy atom. The van der Waals surface area contributed by atoms with E-state index >= 15 is 0 Å². The van der Waals surface area contributed by atoms with Gasteiger partial charge in [-0.3, -0.25) is 13.9 Å². The zero-order chi connectivity index (χ0) is 30.5. The third kappa shape index (κ3) is 8.30. The first kappa shape index (κ1) is 33.0. The van der Waals surface area contributed by atoms with E-state index in [4.69, 9.17) is 46.4 Å². The topological polar surface area (TPSA) is 86.8 Å². The third-order valence-corrected chi connectivity index (χ3v) is 9.72. The SMILES string of the molecule is CC[C@H](C)NC(=O)[C@@H](C)N(Cc1ccc(Cl)cc1Cl)C(=O)CN(c1ccc(Cl)c(Cl)c1)S(=O)(=O)c1ccc(C)cc1. The Morgan fingerprint density at radius 1 is 0.878 bits per heavy atom. The molecule has 0 spiro atoms. The molecule has 0 radical (unpaired) electrons. The van der Waals surface area contributed by atoms with Crippen molar-refractivity contribution in [2.24, 2.45) is 0 Å². The number of hydrogen-bond acceptors (Lipinski definition) is 4. The molecule has 0 heterocycles. The fraction of sp³-hybridized carbons (Fsp3) is 0.310. The van der Waals surface area contributed by atoms with Gasteiger partial charge in [-0.15, -0.1) is 0 Å². The molecule has 41 heavy (non-hydrogen) atoms. The Hall–Kier alpha value is -2.49. The Balaban J connectivity index is 2.07. The van der Waals surface area contributed by atoms with Crippen molar-refractivity contribution in [3.05, 3.63) is 91.9 Å². The van der Waals surface area contributed by atoms with Gasteiger partial charge in [-0.05, 0) is 75.2 Å². The van der Waals surface area contributed by atoms with Crippen LogP contribution in [0.5, 0.6) is 0 Å². The molecule has 2 atom stereocenters. The molecule has 0 aromatic heterocycles. The number of benzene rings is 3. The molecule has 0 aliphatic heterocycles. The molecule has 0 fully saturated rings. The van der Waals surface area contributed by atoms with Crippen LogP contribution in [0.15, 0.2) is 65.6 Å². The minimum atomic E-state index is -4.24. The number of hydrogen-bond donors (Lipinski definition) is 1. The lowest BCUT2D eigenvalue weighted by atomic mass is 10.1. The van der Waals surface area contributed by atoms with Gasteiger partial charge in [-0.1, -0.05) is 77.1 Å². The molecule has 1 N–H and O–H groups in total. The van der Waals surface area contributed by atoms with Gasteiger partial charge in [0.2, 0.25) is 11.8 Å². The normalized spacial score (nSPS) is 12.9. The Morgan fingerprint density at radius 2 is 1.54 bits per heavy atom. The molecule has 220 valence electrons. The maximum atomic E-state index is 14.0. The Labute approximate surface area is 261 Å². The monoisotopic (exact) mass is 657 g/mol. The molecule has 0 saturated heterocycles. The summed E-state index contributed by atoms with van der Waals surface area (Å²) < 4.78 is 28.8. The van der Waals surface area contributed by atoms with Crippen LogP contribution < -0.4 is 9.62 Å². The van der Waals surface area contributed by atoms with Crippen LogP contribution in [0.4, 0.5) is 5.69 Å². The average Bonchev–Trinajstić information content (AvgIpc) is 2.92. The van der Waals surface area contributed by atoms with Crippen LogP contribution in [-0.4, -0.2) is 43.8 Å². The standard InChI is InChI=1S/C29H31Cl4N3O4S/c1-5-19(3)34-29(38)20(4)35(16-21-8-9-22(30)14-26(21)32)28(37)17-36(23-10-13-25(31)27(33)15-23)41(39,40)24-11-6-18(2)7-12-24/h6-15,19-20H,5,16-17H2,1-4H3,(H,34,38)/t19-,20+/m0/s1. The van der Waals surface area contributed by atoms with Crippen LogP contribution in [0.25, 0.3) is 0 Å². The summed E-state index contributed by atoms with van der Waals surface area (Å²) in [6.07, 6.45) is 0.690. The van der Waals surface area contributed by atoms with Crippen LogP contribution in [0.2, 0.25) is 20.1 Å². The number of rotatable bonds is 11. The fourth-order valence-electron chi connectivity index (χ4n) is 3.89. The molecule has 3 rings (SSSR count). The Bertz CT molecular complexity index is 1520. The molecule has 0 saturated carbocycles. The molecule has 3 aromatic rings. The second kappa shape index (κ2) is 14.1. The van der Waals surface area contributed by atoms with E-state index in [-0.39, 0.29) is 39.1 Å². The average molecular weight is 659 g/mol. The van der Waals surface area contributed by atoms with Crippen LogP contribution >= 0.6 is 46.4 Å². The van der Waals surface area contributed by atoms with Gasteiger partial charge in [0.15, 0.2) is 0 Å². The van der Waals surface area contributed by atoms with Gasteiger partial charge < -0.3 is 10.2 Å². The van der Waals surface area contributed by atoms with Crippen molar-refractivity contribution in [2.45, 2.75) is 57.6 Å². The molecule has 7 nitrogen and oxygen atoms in total. The first-order chi connectivity index (χ1) is 19.2. The number of nitrogens with zero attached hydrogens (tertiary/aromatic N) is 2. The van der Waals surface area contributed by atoms with E-state index < -0.39 is 28.5 Å². The van der Waals surface area contributed by atoms with Gasteiger partial charge in [-0.25, -0.2) is 8.42 Å². The minimum Gasteiger partial charge on any atom is -0.352 e.